The molecule has 0 aromatic rings. The van der Waals surface area contributed by atoms with Crippen LogP contribution in [0.15, 0.2) is 0 Å². The largest absolute Gasteiger partial charge is 0.303 e. The lowest BCUT2D eigenvalue weighted by Gasteiger charge is -2.29. The Morgan fingerprint density at radius 1 is 0.882 bits per heavy atom. The van der Waals surface area contributed by atoms with E-state index in [-0.39, 0.29) is 17.6 Å². The molecule has 96 valence electrons. The van der Waals surface area contributed by atoms with Gasteiger partial charge in [-0.25, -0.2) is 0 Å². The number of carbonyl (C=O) groups excluding carboxylic acids is 2. The third-order valence-electron chi connectivity index (χ3n) is 4.64. The van der Waals surface area contributed by atoms with Crippen molar-refractivity contribution >= 4 is 12.1 Å². The summed E-state index contributed by atoms with van der Waals surface area (Å²) in [6.07, 6.45) is 12.5. The third-order valence-corrected chi connectivity index (χ3v) is 4.64. The summed E-state index contributed by atoms with van der Waals surface area (Å²) < 4.78 is 0. The highest BCUT2D eigenvalue weighted by atomic mass is 16.1. The molecular weight excluding hydrogens is 212 g/mol. The van der Waals surface area contributed by atoms with E-state index in [9.17, 15) is 9.59 Å². The Hall–Kier alpha value is -0.660. The summed E-state index contributed by atoms with van der Waals surface area (Å²) >= 11 is 0. The Labute approximate surface area is 104 Å². The fourth-order valence-electron chi connectivity index (χ4n) is 3.56. The average molecular weight is 236 g/mol. The van der Waals surface area contributed by atoms with Gasteiger partial charge >= 0.3 is 0 Å². The molecule has 2 aliphatic carbocycles. The van der Waals surface area contributed by atoms with Crippen LogP contribution in [-0.2, 0) is 9.59 Å². The van der Waals surface area contributed by atoms with E-state index in [0.29, 0.717) is 5.92 Å². The molecule has 0 aromatic heterocycles. The Morgan fingerprint density at radius 2 is 1.41 bits per heavy atom. The third kappa shape index (κ3) is 3.17. The van der Waals surface area contributed by atoms with Crippen molar-refractivity contribution in [1.29, 1.82) is 0 Å². The minimum atomic E-state index is -0.279. The lowest BCUT2D eigenvalue weighted by atomic mass is 9.73. The van der Waals surface area contributed by atoms with Crippen LogP contribution in [0.25, 0.3) is 0 Å². The molecule has 0 aliphatic heterocycles. The lowest BCUT2D eigenvalue weighted by molar-refractivity contribution is -0.133. The molecule has 1 unspecified atom stereocenters. The second-order valence-electron chi connectivity index (χ2n) is 5.80. The standard InChI is InChI=1S/C15H24O2/c16-11-14(12-7-3-1-4-8-12)15(17)13-9-5-2-6-10-13/h11-14H,1-10H2. The summed E-state index contributed by atoms with van der Waals surface area (Å²) in [5, 5.41) is 0. The molecule has 2 fully saturated rings. The lowest BCUT2D eigenvalue weighted by Crippen LogP contribution is -2.32. The van der Waals surface area contributed by atoms with Crippen LogP contribution < -0.4 is 0 Å². The quantitative estimate of drug-likeness (QED) is 0.552. The van der Waals surface area contributed by atoms with E-state index in [1.165, 1.54) is 38.5 Å². The molecule has 0 N–H and O–H groups in total. The highest BCUT2D eigenvalue weighted by molar-refractivity contribution is 5.95. The van der Waals surface area contributed by atoms with E-state index >= 15 is 0 Å². The summed E-state index contributed by atoms with van der Waals surface area (Å²) in [6.45, 7) is 0. The SMILES string of the molecule is O=CC(C(=O)C1CCCCC1)C1CCCCC1. The van der Waals surface area contributed by atoms with Crippen LogP contribution in [0.2, 0.25) is 0 Å². The van der Waals surface area contributed by atoms with Crippen LogP contribution >= 0.6 is 0 Å². The molecule has 0 heterocycles. The molecular formula is C15H24O2. The number of rotatable bonds is 4. The van der Waals surface area contributed by atoms with Crippen LogP contribution in [-0.4, -0.2) is 12.1 Å². The molecule has 0 amide bonds. The van der Waals surface area contributed by atoms with Crippen molar-refractivity contribution < 1.29 is 9.59 Å². The zero-order chi connectivity index (χ0) is 12.1. The fourth-order valence-corrected chi connectivity index (χ4v) is 3.56. The molecule has 2 saturated carbocycles. The molecule has 2 nitrogen and oxygen atoms in total. The van der Waals surface area contributed by atoms with Gasteiger partial charge in [-0.2, -0.15) is 0 Å². The maximum absolute atomic E-state index is 12.4. The van der Waals surface area contributed by atoms with Crippen LogP contribution in [0, 0.1) is 17.8 Å². The summed E-state index contributed by atoms with van der Waals surface area (Å²) in [5.41, 5.74) is 0. The molecule has 17 heavy (non-hydrogen) atoms. The maximum atomic E-state index is 12.4. The maximum Gasteiger partial charge on any atom is 0.146 e. The number of Topliss-reactive ketones (excluding diaryl/α,β-unsaturated/α-hetero) is 1. The first kappa shape index (κ1) is 12.8. The van der Waals surface area contributed by atoms with Gasteiger partial charge in [-0.1, -0.05) is 38.5 Å². The Kier molecular flexibility index (Phi) is 4.75. The first-order chi connectivity index (χ1) is 8.33. The van der Waals surface area contributed by atoms with Crippen LogP contribution in [0.3, 0.4) is 0 Å². The van der Waals surface area contributed by atoms with Gasteiger partial charge in [0.25, 0.3) is 0 Å². The zero-order valence-corrected chi connectivity index (χ0v) is 10.7. The number of aldehydes is 1. The van der Waals surface area contributed by atoms with Gasteiger partial charge in [-0.15, -0.1) is 0 Å². The van der Waals surface area contributed by atoms with Gasteiger partial charge in [-0.05, 0) is 31.6 Å². The zero-order valence-electron chi connectivity index (χ0n) is 10.7. The van der Waals surface area contributed by atoms with Crippen molar-refractivity contribution in [3.8, 4) is 0 Å². The average Bonchev–Trinajstić information content (AvgIpc) is 2.42. The van der Waals surface area contributed by atoms with Crippen molar-refractivity contribution in [3.05, 3.63) is 0 Å². The molecule has 1 atom stereocenters. The van der Waals surface area contributed by atoms with Gasteiger partial charge in [0.15, 0.2) is 0 Å². The topological polar surface area (TPSA) is 34.1 Å². The molecule has 0 radical (unpaired) electrons. The van der Waals surface area contributed by atoms with E-state index in [1.807, 2.05) is 0 Å². The second kappa shape index (κ2) is 6.32. The second-order valence-corrected chi connectivity index (χ2v) is 5.80. The smallest absolute Gasteiger partial charge is 0.146 e. The predicted octanol–water partition coefficient (Wildman–Crippen LogP) is 3.53. The van der Waals surface area contributed by atoms with Gasteiger partial charge < -0.3 is 4.79 Å². The monoisotopic (exact) mass is 236 g/mol. The first-order valence-electron chi connectivity index (χ1n) is 7.32. The van der Waals surface area contributed by atoms with Crippen molar-refractivity contribution in [2.24, 2.45) is 17.8 Å². The first-order valence-corrected chi connectivity index (χ1v) is 7.32. The summed E-state index contributed by atoms with van der Waals surface area (Å²) in [6, 6.07) is 0. The van der Waals surface area contributed by atoms with Gasteiger partial charge in [0, 0.05) is 5.92 Å². The Morgan fingerprint density at radius 3 is 1.94 bits per heavy atom. The number of carbonyl (C=O) groups is 2. The Bertz CT molecular complexity index is 260. The van der Waals surface area contributed by atoms with Crippen LogP contribution in [0.1, 0.15) is 64.2 Å². The van der Waals surface area contributed by atoms with E-state index in [4.69, 9.17) is 0 Å². The predicted molar refractivity (Wildman–Crippen MR) is 67.7 cm³/mol. The minimum Gasteiger partial charge on any atom is -0.303 e. The van der Waals surface area contributed by atoms with Crippen molar-refractivity contribution in [3.63, 3.8) is 0 Å². The Balaban J connectivity index is 1.95. The van der Waals surface area contributed by atoms with E-state index in [2.05, 4.69) is 0 Å². The molecule has 0 spiro atoms. The molecule has 0 aromatic carbocycles. The summed E-state index contributed by atoms with van der Waals surface area (Å²) in [7, 11) is 0. The molecule has 2 aliphatic rings. The molecule has 0 bridgehead atoms. The summed E-state index contributed by atoms with van der Waals surface area (Å²) in [5.74, 6) is 0.543. The number of hydrogen-bond acceptors (Lipinski definition) is 2. The minimum absolute atomic E-state index is 0.195. The van der Waals surface area contributed by atoms with Crippen LogP contribution in [0.4, 0.5) is 0 Å². The van der Waals surface area contributed by atoms with E-state index in [0.717, 1.165) is 32.0 Å². The van der Waals surface area contributed by atoms with Crippen molar-refractivity contribution in [2.75, 3.05) is 0 Å². The summed E-state index contributed by atoms with van der Waals surface area (Å²) in [4.78, 5) is 23.7. The normalized spacial score (nSPS) is 25.4. The fraction of sp³-hybridized carbons (Fsp3) is 0.867. The van der Waals surface area contributed by atoms with E-state index < -0.39 is 0 Å². The van der Waals surface area contributed by atoms with Gasteiger partial charge in [0.1, 0.15) is 12.1 Å². The van der Waals surface area contributed by atoms with Crippen LogP contribution in [0.5, 0.6) is 0 Å². The molecule has 2 heteroatoms. The van der Waals surface area contributed by atoms with Crippen molar-refractivity contribution in [2.45, 2.75) is 64.2 Å². The number of hydrogen-bond donors (Lipinski definition) is 0. The van der Waals surface area contributed by atoms with Gasteiger partial charge in [0.2, 0.25) is 0 Å². The highest BCUT2D eigenvalue weighted by Gasteiger charge is 2.33. The van der Waals surface area contributed by atoms with Gasteiger partial charge in [-0.3, -0.25) is 4.79 Å². The van der Waals surface area contributed by atoms with Gasteiger partial charge in [0.05, 0.1) is 5.92 Å². The van der Waals surface area contributed by atoms with Crippen molar-refractivity contribution in [1.82, 2.24) is 0 Å². The highest BCUT2D eigenvalue weighted by Crippen LogP contribution is 2.34. The van der Waals surface area contributed by atoms with E-state index in [1.54, 1.807) is 0 Å². The molecule has 2 rings (SSSR count). The number of ketones is 1. The molecule has 0 saturated heterocycles.